The third-order valence-electron chi connectivity index (χ3n) is 8.80. The Bertz CT molecular complexity index is 1280. The summed E-state index contributed by atoms with van der Waals surface area (Å²) >= 11 is 0. The smallest absolute Gasteiger partial charge is 0.419 e. The minimum atomic E-state index is -4.62. The third-order valence-corrected chi connectivity index (χ3v) is 8.80. The van der Waals surface area contributed by atoms with Crippen molar-refractivity contribution in [2.24, 2.45) is 5.92 Å². The maximum atomic E-state index is 14.0. The highest BCUT2D eigenvalue weighted by molar-refractivity contribution is 5.95. The number of hydrogen-bond donors (Lipinski definition) is 2. The van der Waals surface area contributed by atoms with E-state index in [-0.39, 0.29) is 47.9 Å². The summed E-state index contributed by atoms with van der Waals surface area (Å²) < 4.78 is 47.5. The predicted octanol–water partition coefficient (Wildman–Crippen LogP) is 5.43. The standard InChI is InChI=1S/C31H43F3N6O3/c1-19(2)40-14-12-23(13-15-40)36-29(42)22-10-11-25(28(17-22)43-5)37-30-35-18-24(31(32,33)34)26(38-30)16-21-8-6-7-9-27(21)39(4)20(3)41/h10-11,17-19,21,23,27H,6-9,12-16H2,1-5H3,(H,36,42)(H,35,37,38)/t21-,27+/m0/s1. The van der Waals surface area contributed by atoms with Crippen molar-refractivity contribution < 1.29 is 27.5 Å². The molecule has 1 aliphatic carbocycles. The molecule has 4 rings (SSSR count). The average Bonchev–Trinajstić information content (AvgIpc) is 2.97. The zero-order valence-corrected chi connectivity index (χ0v) is 25.6. The molecule has 9 nitrogen and oxygen atoms in total. The van der Waals surface area contributed by atoms with Crippen LogP contribution in [0.15, 0.2) is 24.4 Å². The van der Waals surface area contributed by atoms with E-state index < -0.39 is 11.7 Å². The van der Waals surface area contributed by atoms with Crippen molar-refractivity contribution >= 4 is 23.5 Å². The highest BCUT2D eigenvalue weighted by Gasteiger charge is 2.38. The largest absolute Gasteiger partial charge is 0.495 e. The lowest BCUT2D eigenvalue weighted by Gasteiger charge is -2.37. The molecule has 1 saturated carbocycles. The van der Waals surface area contributed by atoms with E-state index in [2.05, 4.69) is 39.3 Å². The van der Waals surface area contributed by atoms with Gasteiger partial charge in [-0.15, -0.1) is 0 Å². The number of likely N-dealkylation sites (tertiary alicyclic amines) is 1. The lowest BCUT2D eigenvalue weighted by Crippen LogP contribution is -2.46. The van der Waals surface area contributed by atoms with Crippen molar-refractivity contribution in [2.75, 3.05) is 32.6 Å². The first-order valence-corrected chi connectivity index (χ1v) is 15.0. The number of nitrogens with zero attached hydrogens (tertiary/aromatic N) is 4. The van der Waals surface area contributed by atoms with E-state index in [4.69, 9.17) is 4.74 Å². The second-order valence-corrected chi connectivity index (χ2v) is 11.9. The number of alkyl halides is 3. The number of carbonyl (C=O) groups excluding carboxylic acids is 2. The zero-order valence-electron chi connectivity index (χ0n) is 25.6. The van der Waals surface area contributed by atoms with Gasteiger partial charge in [-0.05, 0) is 70.1 Å². The second-order valence-electron chi connectivity index (χ2n) is 11.9. The fourth-order valence-corrected chi connectivity index (χ4v) is 6.17. The van der Waals surface area contributed by atoms with Crippen LogP contribution in [0, 0.1) is 5.92 Å². The Balaban J connectivity index is 1.51. The Morgan fingerprint density at radius 1 is 1.14 bits per heavy atom. The molecule has 2 heterocycles. The molecule has 1 saturated heterocycles. The van der Waals surface area contributed by atoms with Gasteiger partial charge in [-0.25, -0.2) is 9.97 Å². The minimum absolute atomic E-state index is 0.0114. The number of anilines is 2. The van der Waals surface area contributed by atoms with Crippen LogP contribution < -0.4 is 15.4 Å². The Kier molecular flexibility index (Phi) is 10.5. The van der Waals surface area contributed by atoms with Gasteiger partial charge in [0.15, 0.2) is 0 Å². The number of ether oxygens (including phenoxy) is 1. The number of hydrogen-bond acceptors (Lipinski definition) is 7. The molecule has 2 fully saturated rings. The molecule has 0 spiro atoms. The van der Waals surface area contributed by atoms with Crippen LogP contribution in [-0.4, -0.2) is 77.0 Å². The zero-order chi connectivity index (χ0) is 31.3. The predicted molar refractivity (Wildman–Crippen MR) is 158 cm³/mol. The molecule has 43 heavy (non-hydrogen) atoms. The number of halogens is 3. The molecule has 2 N–H and O–H groups in total. The van der Waals surface area contributed by atoms with Crippen LogP contribution >= 0.6 is 0 Å². The number of aromatic nitrogens is 2. The minimum Gasteiger partial charge on any atom is -0.495 e. The van der Waals surface area contributed by atoms with E-state index in [1.54, 1.807) is 30.1 Å². The van der Waals surface area contributed by atoms with E-state index in [0.29, 0.717) is 29.5 Å². The quantitative estimate of drug-likeness (QED) is 0.394. The lowest BCUT2D eigenvalue weighted by atomic mass is 9.80. The van der Waals surface area contributed by atoms with Crippen LogP contribution in [0.4, 0.5) is 24.8 Å². The van der Waals surface area contributed by atoms with Crippen LogP contribution in [-0.2, 0) is 17.4 Å². The van der Waals surface area contributed by atoms with Crippen molar-refractivity contribution in [1.29, 1.82) is 0 Å². The highest BCUT2D eigenvalue weighted by Crippen LogP contribution is 2.37. The normalized spacial score (nSPS) is 20.1. The molecule has 1 aromatic carbocycles. The molecule has 1 aromatic heterocycles. The van der Waals surface area contributed by atoms with E-state index in [1.165, 1.54) is 14.0 Å². The Morgan fingerprint density at radius 2 is 1.84 bits per heavy atom. The molecule has 2 amide bonds. The van der Waals surface area contributed by atoms with Crippen LogP contribution in [0.2, 0.25) is 0 Å². The molecule has 0 radical (unpaired) electrons. The Hall–Kier alpha value is -3.41. The van der Waals surface area contributed by atoms with Crippen LogP contribution in [0.3, 0.4) is 0 Å². The first kappa shape index (κ1) is 32.5. The van der Waals surface area contributed by atoms with Gasteiger partial charge in [0, 0.05) is 56.9 Å². The van der Waals surface area contributed by atoms with Crippen LogP contribution in [0.5, 0.6) is 5.75 Å². The molecule has 1 aliphatic heterocycles. The lowest BCUT2D eigenvalue weighted by molar-refractivity contribution is -0.139. The van der Waals surface area contributed by atoms with E-state index >= 15 is 0 Å². The molecule has 236 valence electrons. The number of carbonyl (C=O) groups is 2. The van der Waals surface area contributed by atoms with Gasteiger partial charge in [0.2, 0.25) is 11.9 Å². The summed E-state index contributed by atoms with van der Waals surface area (Å²) in [6, 6.07) is 5.27. The van der Waals surface area contributed by atoms with Crippen molar-refractivity contribution in [3.63, 3.8) is 0 Å². The summed E-state index contributed by atoms with van der Waals surface area (Å²) in [5.41, 5.74) is -0.161. The average molecular weight is 605 g/mol. The Morgan fingerprint density at radius 3 is 2.47 bits per heavy atom. The number of rotatable bonds is 9. The van der Waals surface area contributed by atoms with Gasteiger partial charge >= 0.3 is 6.18 Å². The van der Waals surface area contributed by atoms with Gasteiger partial charge in [-0.3, -0.25) is 9.59 Å². The van der Waals surface area contributed by atoms with Gasteiger partial charge in [0.05, 0.1) is 24.1 Å². The van der Waals surface area contributed by atoms with Crippen LogP contribution in [0.25, 0.3) is 0 Å². The van der Waals surface area contributed by atoms with Crippen molar-refractivity contribution in [3.05, 3.63) is 41.2 Å². The number of methoxy groups -OCH3 is 1. The summed E-state index contributed by atoms with van der Waals surface area (Å²) in [5, 5.41) is 6.08. The molecule has 2 aliphatic rings. The topological polar surface area (TPSA) is 99.7 Å². The number of piperidine rings is 1. The first-order valence-electron chi connectivity index (χ1n) is 15.0. The summed E-state index contributed by atoms with van der Waals surface area (Å²) in [4.78, 5) is 37.3. The summed E-state index contributed by atoms with van der Waals surface area (Å²) in [6.45, 7) is 7.66. The van der Waals surface area contributed by atoms with Gasteiger partial charge in [-0.1, -0.05) is 12.8 Å². The molecule has 2 atom stereocenters. The summed E-state index contributed by atoms with van der Waals surface area (Å²) in [5.74, 6) is -0.154. The Labute approximate surface area is 251 Å². The second kappa shape index (κ2) is 13.9. The fourth-order valence-electron chi connectivity index (χ4n) is 6.17. The molecular weight excluding hydrogens is 561 g/mol. The molecule has 0 bridgehead atoms. The number of benzene rings is 1. The fraction of sp³-hybridized carbons (Fsp3) is 0.613. The van der Waals surface area contributed by atoms with Gasteiger partial charge in [0.1, 0.15) is 5.75 Å². The number of amides is 2. The summed E-state index contributed by atoms with van der Waals surface area (Å²) in [7, 11) is 3.16. The van der Waals surface area contributed by atoms with Crippen molar-refractivity contribution in [3.8, 4) is 5.75 Å². The van der Waals surface area contributed by atoms with E-state index in [0.717, 1.165) is 51.4 Å². The van der Waals surface area contributed by atoms with Crippen LogP contribution in [0.1, 0.15) is 80.9 Å². The third kappa shape index (κ3) is 8.16. The highest BCUT2D eigenvalue weighted by atomic mass is 19.4. The van der Waals surface area contributed by atoms with Gasteiger partial charge < -0.3 is 25.2 Å². The molecule has 2 aromatic rings. The maximum absolute atomic E-state index is 14.0. The van der Waals surface area contributed by atoms with Gasteiger partial charge in [0.25, 0.3) is 5.91 Å². The first-order chi connectivity index (χ1) is 20.4. The summed E-state index contributed by atoms with van der Waals surface area (Å²) in [6.07, 6.45) is 1.26. The SMILES string of the molecule is COc1cc(C(=O)NC2CCN(C(C)C)CC2)ccc1Nc1ncc(C(F)(F)F)c(C[C@@H]2CCCC[C@H]2N(C)C(C)=O)n1. The monoisotopic (exact) mass is 604 g/mol. The van der Waals surface area contributed by atoms with Crippen molar-refractivity contribution in [1.82, 2.24) is 25.1 Å². The van der Waals surface area contributed by atoms with E-state index in [9.17, 15) is 22.8 Å². The maximum Gasteiger partial charge on any atom is 0.419 e. The molecule has 0 unspecified atom stereocenters. The molecular formula is C31H43F3N6O3. The van der Waals surface area contributed by atoms with Gasteiger partial charge in [-0.2, -0.15) is 13.2 Å². The van der Waals surface area contributed by atoms with Crippen molar-refractivity contribution in [2.45, 2.75) is 90.0 Å². The molecule has 12 heteroatoms. The van der Waals surface area contributed by atoms with E-state index in [1.807, 2.05) is 0 Å². The number of nitrogens with one attached hydrogen (secondary N) is 2.